The number of Topliss-reactive ketones (excluding diaryl/α,β-unsaturated/α-hetero) is 1. The molecule has 0 aromatic rings. The van der Waals surface area contributed by atoms with E-state index in [1.807, 2.05) is 6.92 Å². The molecule has 0 spiro atoms. The smallest absolute Gasteiger partial charge is 0.129 e. The van der Waals surface area contributed by atoms with E-state index < -0.39 is 0 Å². The first-order valence-electron chi connectivity index (χ1n) is 5.81. The Kier molecular flexibility index (Phi) is 8.95. The Morgan fingerprint density at radius 2 is 1.86 bits per heavy atom. The highest BCUT2D eigenvalue weighted by molar-refractivity contribution is 5.75. The Morgan fingerprint density at radius 1 is 1.29 bits per heavy atom. The molecule has 0 unspecified atom stereocenters. The molecule has 0 radical (unpaired) electrons. The molecule has 2 nitrogen and oxygen atoms in total. The van der Waals surface area contributed by atoms with Crippen LogP contribution in [0.5, 0.6) is 0 Å². The summed E-state index contributed by atoms with van der Waals surface area (Å²) < 4.78 is 0. The Morgan fingerprint density at radius 3 is 2.07 bits per heavy atom. The van der Waals surface area contributed by atoms with Gasteiger partial charge >= 0.3 is 0 Å². The first-order valence-corrected chi connectivity index (χ1v) is 5.81. The second-order valence-electron chi connectivity index (χ2n) is 4.14. The molecule has 1 N–H and O–H groups in total. The van der Waals surface area contributed by atoms with Crippen LogP contribution in [-0.4, -0.2) is 17.5 Å². The second-order valence-corrected chi connectivity index (χ2v) is 4.14. The summed E-state index contributed by atoms with van der Waals surface area (Å²) in [7, 11) is 0. The SMILES string of the molecule is CCCC(C)=O.OCC1CCCCC1. The molecule has 1 saturated carbocycles. The second kappa shape index (κ2) is 9.20. The Hall–Kier alpha value is -0.370. The highest BCUT2D eigenvalue weighted by atomic mass is 16.3. The summed E-state index contributed by atoms with van der Waals surface area (Å²) in [6, 6.07) is 0. The lowest BCUT2D eigenvalue weighted by Gasteiger charge is -2.18. The lowest BCUT2D eigenvalue weighted by Crippen LogP contribution is -2.09. The molecule has 0 saturated heterocycles. The van der Waals surface area contributed by atoms with Crippen LogP contribution >= 0.6 is 0 Å². The molecule has 0 aliphatic heterocycles. The van der Waals surface area contributed by atoms with Crippen LogP contribution < -0.4 is 0 Å². The molecule has 0 aromatic heterocycles. The zero-order chi connectivity index (χ0) is 10.8. The summed E-state index contributed by atoms with van der Waals surface area (Å²) >= 11 is 0. The minimum Gasteiger partial charge on any atom is -0.396 e. The molecule has 0 heterocycles. The van der Waals surface area contributed by atoms with Crippen LogP contribution in [0.1, 0.15) is 58.8 Å². The van der Waals surface area contributed by atoms with Gasteiger partial charge in [0, 0.05) is 13.0 Å². The number of rotatable bonds is 3. The quantitative estimate of drug-likeness (QED) is 0.760. The van der Waals surface area contributed by atoms with Gasteiger partial charge in [-0.25, -0.2) is 0 Å². The van der Waals surface area contributed by atoms with Gasteiger partial charge in [0.15, 0.2) is 0 Å². The van der Waals surface area contributed by atoms with Crippen LogP contribution in [0, 0.1) is 5.92 Å². The molecule has 0 amide bonds. The number of ketones is 1. The minimum absolute atomic E-state index is 0.289. The molecule has 0 aromatic carbocycles. The molecule has 1 aliphatic rings. The van der Waals surface area contributed by atoms with Crippen molar-refractivity contribution in [2.24, 2.45) is 5.92 Å². The summed E-state index contributed by atoms with van der Waals surface area (Å²) in [5.41, 5.74) is 0. The minimum atomic E-state index is 0.289. The van der Waals surface area contributed by atoms with Crippen LogP contribution in [0.25, 0.3) is 0 Å². The molecule has 0 atom stereocenters. The van der Waals surface area contributed by atoms with Gasteiger partial charge in [-0.2, -0.15) is 0 Å². The van der Waals surface area contributed by atoms with E-state index in [9.17, 15) is 4.79 Å². The summed E-state index contributed by atoms with van der Waals surface area (Å²) in [6.07, 6.45) is 8.30. The van der Waals surface area contributed by atoms with E-state index in [0.29, 0.717) is 12.5 Å². The molecule has 84 valence electrons. The van der Waals surface area contributed by atoms with Crippen molar-refractivity contribution >= 4 is 5.78 Å². The van der Waals surface area contributed by atoms with E-state index in [4.69, 9.17) is 5.11 Å². The maximum Gasteiger partial charge on any atom is 0.129 e. The number of carbonyl (C=O) groups excluding carboxylic acids is 1. The molecule has 1 rings (SSSR count). The van der Waals surface area contributed by atoms with Gasteiger partial charge < -0.3 is 9.90 Å². The number of carbonyl (C=O) groups is 1. The van der Waals surface area contributed by atoms with Crippen LogP contribution in [0.2, 0.25) is 0 Å². The molecule has 2 heteroatoms. The van der Waals surface area contributed by atoms with Crippen LogP contribution in [0.15, 0.2) is 0 Å². The third-order valence-corrected chi connectivity index (χ3v) is 2.59. The summed E-state index contributed by atoms with van der Waals surface area (Å²) in [5.74, 6) is 0.932. The van der Waals surface area contributed by atoms with Crippen molar-refractivity contribution < 1.29 is 9.90 Å². The predicted octanol–water partition coefficient (Wildman–Crippen LogP) is 2.93. The monoisotopic (exact) mass is 200 g/mol. The fourth-order valence-corrected chi connectivity index (χ4v) is 1.72. The summed E-state index contributed by atoms with van der Waals surface area (Å²) in [5, 5.41) is 8.69. The van der Waals surface area contributed by atoms with E-state index in [1.54, 1.807) is 6.92 Å². The van der Waals surface area contributed by atoms with E-state index in [1.165, 1.54) is 32.1 Å². The van der Waals surface area contributed by atoms with E-state index in [-0.39, 0.29) is 5.78 Å². The first kappa shape index (κ1) is 13.6. The summed E-state index contributed by atoms with van der Waals surface area (Å²) in [6.45, 7) is 4.03. The van der Waals surface area contributed by atoms with Gasteiger partial charge in [0.25, 0.3) is 0 Å². The van der Waals surface area contributed by atoms with Crippen LogP contribution in [0.4, 0.5) is 0 Å². The van der Waals surface area contributed by atoms with Crippen molar-refractivity contribution in [1.29, 1.82) is 0 Å². The van der Waals surface area contributed by atoms with E-state index in [2.05, 4.69) is 0 Å². The molecular weight excluding hydrogens is 176 g/mol. The molecule has 1 fully saturated rings. The lowest BCUT2D eigenvalue weighted by molar-refractivity contribution is -0.117. The molecule has 1 aliphatic carbocycles. The van der Waals surface area contributed by atoms with E-state index in [0.717, 1.165) is 12.8 Å². The van der Waals surface area contributed by atoms with Crippen molar-refractivity contribution in [2.75, 3.05) is 6.61 Å². The Bertz CT molecular complexity index is 137. The average molecular weight is 200 g/mol. The van der Waals surface area contributed by atoms with Gasteiger partial charge in [-0.15, -0.1) is 0 Å². The molecular formula is C12H24O2. The van der Waals surface area contributed by atoms with Crippen LogP contribution in [-0.2, 0) is 4.79 Å². The molecule has 14 heavy (non-hydrogen) atoms. The predicted molar refractivity (Wildman–Crippen MR) is 59.2 cm³/mol. The maximum atomic E-state index is 10.0. The van der Waals surface area contributed by atoms with Gasteiger partial charge in [-0.3, -0.25) is 0 Å². The number of aliphatic hydroxyl groups excluding tert-OH is 1. The third kappa shape index (κ3) is 8.24. The normalized spacial score (nSPS) is 17.1. The van der Waals surface area contributed by atoms with Crippen molar-refractivity contribution in [2.45, 2.75) is 58.8 Å². The largest absolute Gasteiger partial charge is 0.396 e. The highest BCUT2D eigenvalue weighted by Gasteiger charge is 2.10. The van der Waals surface area contributed by atoms with Crippen molar-refractivity contribution in [3.05, 3.63) is 0 Å². The summed E-state index contributed by atoms with van der Waals surface area (Å²) in [4.78, 5) is 10.0. The maximum absolute atomic E-state index is 10.0. The topological polar surface area (TPSA) is 37.3 Å². The van der Waals surface area contributed by atoms with Gasteiger partial charge in [-0.1, -0.05) is 26.2 Å². The third-order valence-electron chi connectivity index (χ3n) is 2.59. The van der Waals surface area contributed by atoms with Gasteiger partial charge in [0.1, 0.15) is 5.78 Å². The van der Waals surface area contributed by atoms with Crippen molar-refractivity contribution in [3.8, 4) is 0 Å². The fraction of sp³-hybridized carbons (Fsp3) is 0.917. The Labute approximate surface area is 87.7 Å². The van der Waals surface area contributed by atoms with Gasteiger partial charge in [0.2, 0.25) is 0 Å². The van der Waals surface area contributed by atoms with Gasteiger partial charge in [-0.05, 0) is 32.1 Å². The zero-order valence-corrected chi connectivity index (χ0v) is 9.59. The van der Waals surface area contributed by atoms with Gasteiger partial charge in [0.05, 0.1) is 0 Å². The number of hydrogen-bond acceptors (Lipinski definition) is 2. The number of aliphatic hydroxyl groups is 1. The average Bonchev–Trinajstić information content (AvgIpc) is 2.20. The molecule has 0 bridgehead atoms. The number of hydrogen-bond donors (Lipinski definition) is 1. The van der Waals surface area contributed by atoms with E-state index >= 15 is 0 Å². The van der Waals surface area contributed by atoms with Crippen molar-refractivity contribution in [3.63, 3.8) is 0 Å². The lowest BCUT2D eigenvalue weighted by atomic mass is 9.90. The van der Waals surface area contributed by atoms with Crippen molar-refractivity contribution in [1.82, 2.24) is 0 Å². The standard InChI is InChI=1S/C7H14O.C5H10O/c8-6-7-4-2-1-3-5-7;1-3-4-5(2)6/h7-8H,1-6H2;3-4H2,1-2H3. The zero-order valence-electron chi connectivity index (χ0n) is 9.59. The van der Waals surface area contributed by atoms with Crippen LogP contribution in [0.3, 0.4) is 0 Å². The highest BCUT2D eigenvalue weighted by Crippen LogP contribution is 2.22. The Balaban J connectivity index is 0.000000255. The first-order chi connectivity index (χ1) is 6.70. The fourth-order valence-electron chi connectivity index (χ4n) is 1.72.